The van der Waals surface area contributed by atoms with Gasteiger partial charge in [-0.1, -0.05) is 30.3 Å². The minimum absolute atomic E-state index is 0.134. The quantitative estimate of drug-likeness (QED) is 0.899. The van der Waals surface area contributed by atoms with Gasteiger partial charge in [0.2, 0.25) is 0 Å². The molecule has 1 aliphatic rings. The molecule has 3 rings (SSSR count). The minimum Gasteiger partial charge on any atom is -0.334 e. The number of para-hydroxylation sites is 1. The molecule has 0 saturated carbocycles. The van der Waals surface area contributed by atoms with Crippen molar-refractivity contribution < 1.29 is 9.18 Å². The summed E-state index contributed by atoms with van der Waals surface area (Å²) in [6.07, 6.45) is 0.865. The monoisotopic (exact) mass is 284 g/mol. The predicted molar refractivity (Wildman–Crippen MR) is 80.7 cm³/mol. The maximum Gasteiger partial charge on any atom is 0.322 e. The van der Waals surface area contributed by atoms with Gasteiger partial charge in [-0.2, -0.15) is 0 Å². The third kappa shape index (κ3) is 2.75. The van der Waals surface area contributed by atoms with E-state index in [1.807, 2.05) is 31.2 Å². The number of carbonyl (C=O) groups excluding carboxylic acids is 1. The summed E-state index contributed by atoms with van der Waals surface area (Å²) in [6, 6.07) is 14.2. The summed E-state index contributed by atoms with van der Waals surface area (Å²) in [4.78, 5) is 14.2. The lowest BCUT2D eigenvalue weighted by Crippen LogP contribution is -2.42. The zero-order chi connectivity index (χ0) is 14.8. The zero-order valence-corrected chi connectivity index (χ0v) is 11.8. The number of fused-ring (bicyclic) bond motifs is 1. The molecule has 0 radical (unpaired) electrons. The topological polar surface area (TPSA) is 32.3 Å². The fourth-order valence-electron chi connectivity index (χ4n) is 2.78. The molecule has 2 aromatic carbocycles. The van der Waals surface area contributed by atoms with E-state index in [1.54, 1.807) is 17.0 Å². The third-order valence-corrected chi connectivity index (χ3v) is 3.76. The fraction of sp³-hybridized carbons (Fsp3) is 0.235. The molecule has 0 spiro atoms. The number of rotatable bonds is 2. The fourth-order valence-corrected chi connectivity index (χ4v) is 2.78. The smallest absolute Gasteiger partial charge is 0.322 e. The van der Waals surface area contributed by atoms with Gasteiger partial charge in [0.15, 0.2) is 0 Å². The summed E-state index contributed by atoms with van der Waals surface area (Å²) in [5, 5.41) is 2.86. The van der Waals surface area contributed by atoms with Gasteiger partial charge in [0.1, 0.15) is 5.82 Å². The SMILES string of the molecule is CC1Cc2ccccc2N1C(=O)NCc1cccc(F)c1. The number of urea groups is 1. The van der Waals surface area contributed by atoms with Crippen LogP contribution in [0.1, 0.15) is 18.1 Å². The number of nitrogens with one attached hydrogen (secondary N) is 1. The molecular weight excluding hydrogens is 267 g/mol. The molecule has 0 fully saturated rings. The Balaban J connectivity index is 1.71. The molecule has 1 aliphatic heterocycles. The van der Waals surface area contributed by atoms with E-state index in [9.17, 15) is 9.18 Å². The summed E-state index contributed by atoms with van der Waals surface area (Å²) in [6.45, 7) is 2.35. The lowest BCUT2D eigenvalue weighted by atomic mass is 10.1. The van der Waals surface area contributed by atoms with Crippen LogP contribution in [-0.4, -0.2) is 12.1 Å². The number of anilines is 1. The first kappa shape index (κ1) is 13.6. The normalized spacial score (nSPS) is 16.7. The summed E-state index contributed by atoms with van der Waals surface area (Å²) >= 11 is 0. The average Bonchev–Trinajstić information content (AvgIpc) is 2.81. The predicted octanol–water partition coefficient (Wildman–Crippen LogP) is 3.49. The highest BCUT2D eigenvalue weighted by atomic mass is 19.1. The molecule has 0 bridgehead atoms. The van der Waals surface area contributed by atoms with E-state index < -0.39 is 0 Å². The minimum atomic E-state index is -0.290. The molecule has 1 unspecified atom stereocenters. The van der Waals surface area contributed by atoms with Crippen LogP contribution in [0, 0.1) is 5.82 Å². The maximum atomic E-state index is 13.1. The molecule has 4 heteroatoms. The van der Waals surface area contributed by atoms with Crippen LogP contribution in [0.5, 0.6) is 0 Å². The van der Waals surface area contributed by atoms with Gasteiger partial charge in [0.25, 0.3) is 0 Å². The molecule has 0 saturated heterocycles. The van der Waals surface area contributed by atoms with Crippen molar-refractivity contribution in [1.82, 2.24) is 5.32 Å². The second kappa shape index (κ2) is 5.56. The number of carbonyl (C=O) groups is 1. The molecular formula is C17H17FN2O. The molecule has 1 atom stereocenters. The van der Waals surface area contributed by atoms with Gasteiger partial charge >= 0.3 is 6.03 Å². The number of hydrogen-bond acceptors (Lipinski definition) is 1. The Morgan fingerprint density at radius 2 is 2.10 bits per heavy atom. The largest absolute Gasteiger partial charge is 0.334 e. The third-order valence-electron chi connectivity index (χ3n) is 3.76. The van der Waals surface area contributed by atoms with Gasteiger partial charge in [0.05, 0.1) is 0 Å². The van der Waals surface area contributed by atoms with Crippen molar-refractivity contribution in [2.24, 2.45) is 0 Å². The van der Waals surface area contributed by atoms with E-state index in [4.69, 9.17) is 0 Å². The highest BCUT2D eigenvalue weighted by molar-refractivity contribution is 5.94. The van der Waals surface area contributed by atoms with Crippen LogP contribution in [0.4, 0.5) is 14.9 Å². The number of amides is 2. The Morgan fingerprint density at radius 1 is 1.29 bits per heavy atom. The Kier molecular flexibility index (Phi) is 3.60. The molecule has 3 nitrogen and oxygen atoms in total. The van der Waals surface area contributed by atoms with Crippen molar-refractivity contribution in [3.05, 3.63) is 65.5 Å². The second-order valence-corrected chi connectivity index (χ2v) is 5.34. The molecule has 21 heavy (non-hydrogen) atoms. The maximum absolute atomic E-state index is 13.1. The Morgan fingerprint density at radius 3 is 2.90 bits per heavy atom. The van der Waals surface area contributed by atoms with Gasteiger partial charge in [-0.25, -0.2) is 9.18 Å². The molecule has 2 amide bonds. The van der Waals surface area contributed by atoms with Crippen molar-refractivity contribution in [1.29, 1.82) is 0 Å². The van der Waals surface area contributed by atoms with Gasteiger partial charge in [0, 0.05) is 18.3 Å². The van der Waals surface area contributed by atoms with Crippen molar-refractivity contribution >= 4 is 11.7 Å². The summed E-state index contributed by atoms with van der Waals surface area (Å²) in [5.74, 6) is -0.290. The van der Waals surface area contributed by atoms with Crippen LogP contribution in [0.2, 0.25) is 0 Å². The van der Waals surface area contributed by atoms with Gasteiger partial charge < -0.3 is 5.32 Å². The molecule has 0 aliphatic carbocycles. The lowest BCUT2D eigenvalue weighted by Gasteiger charge is -2.23. The van der Waals surface area contributed by atoms with E-state index in [1.165, 1.54) is 17.7 Å². The Hall–Kier alpha value is -2.36. The zero-order valence-electron chi connectivity index (χ0n) is 11.8. The van der Waals surface area contributed by atoms with Crippen molar-refractivity contribution in [3.8, 4) is 0 Å². The van der Waals surface area contributed by atoms with E-state index in [0.29, 0.717) is 6.54 Å². The van der Waals surface area contributed by atoms with Crippen LogP contribution in [0.3, 0.4) is 0 Å². The highest BCUT2D eigenvalue weighted by Crippen LogP contribution is 2.31. The summed E-state index contributed by atoms with van der Waals surface area (Å²) in [7, 11) is 0. The van der Waals surface area contributed by atoms with Gasteiger partial charge in [-0.15, -0.1) is 0 Å². The Bertz CT molecular complexity index is 671. The Labute approximate surface area is 123 Å². The first-order chi connectivity index (χ1) is 10.1. The first-order valence-electron chi connectivity index (χ1n) is 7.04. The summed E-state index contributed by atoms with van der Waals surface area (Å²) in [5.41, 5.74) is 2.90. The lowest BCUT2D eigenvalue weighted by molar-refractivity contribution is 0.244. The van der Waals surface area contributed by atoms with E-state index in [2.05, 4.69) is 5.32 Å². The van der Waals surface area contributed by atoms with E-state index >= 15 is 0 Å². The molecule has 0 aromatic heterocycles. The van der Waals surface area contributed by atoms with Crippen molar-refractivity contribution in [2.45, 2.75) is 25.9 Å². The summed E-state index contributed by atoms with van der Waals surface area (Å²) < 4.78 is 13.1. The molecule has 1 N–H and O–H groups in total. The molecule has 2 aromatic rings. The molecule has 108 valence electrons. The van der Waals surface area contributed by atoms with Gasteiger partial charge in [-0.3, -0.25) is 4.90 Å². The van der Waals surface area contributed by atoms with Crippen LogP contribution in [0.15, 0.2) is 48.5 Å². The highest BCUT2D eigenvalue weighted by Gasteiger charge is 2.30. The van der Waals surface area contributed by atoms with Crippen LogP contribution >= 0.6 is 0 Å². The second-order valence-electron chi connectivity index (χ2n) is 5.34. The average molecular weight is 284 g/mol. The van der Waals surface area contributed by atoms with Crippen LogP contribution in [0.25, 0.3) is 0 Å². The molecule has 1 heterocycles. The van der Waals surface area contributed by atoms with Crippen LogP contribution in [-0.2, 0) is 13.0 Å². The number of benzene rings is 2. The number of halogens is 1. The van der Waals surface area contributed by atoms with E-state index in [-0.39, 0.29) is 17.9 Å². The van der Waals surface area contributed by atoms with Gasteiger partial charge in [-0.05, 0) is 42.7 Å². The van der Waals surface area contributed by atoms with E-state index in [0.717, 1.165) is 17.7 Å². The van der Waals surface area contributed by atoms with Crippen molar-refractivity contribution in [2.75, 3.05) is 4.90 Å². The standard InChI is InChI=1S/C17H17FN2O/c1-12-9-14-6-2-3-8-16(14)20(12)17(21)19-11-13-5-4-7-15(18)10-13/h2-8,10,12H,9,11H2,1H3,(H,19,21). The van der Waals surface area contributed by atoms with Crippen molar-refractivity contribution in [3.63, 3.8) is 0 Å². The van der Waals surface area contributed by atoms with Crippen LogP contribution < -0.4 is 10.2 Å². The number of hydrogen-bond donors (Lipinski definition) is 1. The number of nitrogens with zero attached hydrogens (tertiary/aromatic N) is 1. The first-order valence-corrected chi connectivity index (χ1v) is 7.04.